The molecule has 0 aliphatic carbocycles. The number of carbonyl (C=O) groups is 4. The van der Waals surface area contributed by atoms with E-state index in [1.54, 1.807) is 75.4 Å². The van der Waals surface area contributed by atoms with E-state index in [-0.39, 0.29) is 53.9 Å². The minimum absolute atomic E-state index is 0.0219. The summed E-state index contributed by atoms with van der Waals surface area (Å²) in [6, 6.07) is 23.7. The van der Waals surface area contributed by atoms with Crippen LogP contribution in [0.25, 0.3) is 11.3 Å². The summed E-state index contributed by atoms with van der Waals surface area (Å²) < 4.78 is 10.4. The fraction of sp³-hybridized carbons (Fsp3) is 0.250. The lowest BCUT2D eigenvalue weighted by Gasteiger charge is -2.23. The third kappa shape index (κ3) is 11.5. The van der Waals surface area contributed by atoms with E-state index in [2.05, 4.69) is 25.9 Å². The second kappa shape index (κ2) is 17.6. The zero-order chi connectivity index (χ0) is 37.0. The largest absolute Gasteiger partial charge is 0.444 e. The number of H-pyrrole nitrogens is 1. The van der Waals surface area contributed by atoms with E-state index in [9.17, 15) is 24.0 Å². The van der Waals surface area contributed by atoms with Gasteiger partial charge in [-0.25, -0.2) is 14.6 Å². The maximum Gasteiger partial charge on any atom is 0.413 e. The van der Waals surface area contributed by atoms with E-state index in [0.717, 1.165) is 5.56 Å². The zero-order valence-electron chi connectivity index (χ0n) is 28.2. The van der Waals surface area contributed by atoms with Crippen LogP contribution in [0.5, 0.6) is 0 Å². The number of rotatable bonds is 12. The second-order valence-corrected chi connectivity index (χ2v) is 12.5. The van der Waals surface area contributed by atoms with E-state index in [1.807, 2.05) is 12.1 Å². The Labute approximate surface area is 299 Å². The molecule has 0 spiro atoms. The van der Waals surface area contributed by atoms with Gasteiger partial charge in [0.25, 0.3) is 11.5 Å². The molecule has 14 nitrogen and oxygen atoms in total. The number of amidine groups is 1. The van der Waals surface area contributed by atoms with E-state index in [1.165, 1.54) is 23.1 Å². The van der Waals surface area contributed by atoms with Crippen molar-refractivity contribution in [3.63, 3.8) is 0 Å². The smallest absolute Gasteiger partial charge is 0.413 e. The molecule has 1 aromatic heterocycles. The molecule has 4 rings (SSSR count). The van der Waals surface area contributed by atoms with Crippen LogP contribution >= 0.6 is 11.6 Å². The van der Waals surface area contributed by atoms with Crippen LogP contribution in [0.15, 0.2) is 89.7 Å². The normalized spacial score (nSPS) is 10.8. The molecule has 0 saturated heterocycles. The predicted molar refractivity (Wildman–Crippen MR) is 192 cm³/mol. The Hall–Kier alpha value is -6.02. The van der Waals surface area contributed by atoms with Gasteiger partial charge in [-0.3, -0.25) is 30.4 Å². The van der Waals surface area contributed by atoms with Gasteiger partial charge >= 0.3 is 12.2 Å². The highest BCUT2D eigenvalue weighted by molar-refractivity contribution is 6.31. The molecule has 5 N–H and O–H groups in total. The van der Waals surface area contributed by atoms with Crippen molar-refractivity contribution in [2.24, 2.45) is 0 Å². The molecule has 0 fully saturated rings. The third-order valence-electron chi connectivity index (χ3n) is 6.96. The van der Waals surface area contributed by atoms with Gasteiger partial charge in [0.05, 0.1) is 17.8 Å². The highest BCUT2D eigenvalue weighted by Crippen LogP contribution is 2.24. The molecule has 4 amide bonds. The lowest BCUT2D eigenvalue weighted by Crippen LogP contribution is -2.44. The Bertz CT molecular complexity index is 1930. The van der Waals surface area contributed by atoms with Gasteiger partial charge in [0.1, 0.15) is 18.0 Å². The summed E-state index contributed by atoms with van der Waals surface area (Å²) in [7, 11) is 0. The monoisotopic (exact) mass is 715 g/mol. The molecule has 51 heavy (non-hydrogen) atoms. The Kier molecular flexibility index (Phi) is 13.0. The van der Waals surface area contributed by atoms with Crippen molar-refractivity contribution in [2.75, 3.05) is 24.5 Å². The van der Waals surface area contributed by atoms with Crippen LogP contribution in [0.1, 0.15) is 48.7 Å². The van der Waals surface area contributed by atoms with Crippen molar-refractivity contribution in [1.29, 1.82) is 5.41 Å². The van der Waals surface area contributed by atoms with E-state index >= 15 is 0 Å². The summed E-state index contributed by atoms with van der Waals surface area (Å²) in [6.45, 7) is 4.84. The number of hydrogen-bond acceptors (Lipinski definition) is 10. The van der Waals surface area contributed by atoms with Crippen LogP contribution in [-0.4, -0.2) is 65.0 Å². The van der Waals surface area contributed by atoms with Gasteiger partial charge in [-0.1, -0.05) is 90.5 Å². The van der Waals surface area contributed by atoms with Crippen LogP contribution in [0.3, 0.4) is 0 Å². The minimum atomic E-state index is -0.901. The topological polar surface area (TPSA) is 196 Å². The number of aromatic amines is 1. The first-order valence-corrected chi connectivity index (χ1v) is 16.3. The van der Waals surface area contributed by atoms with Crippen LogP contribution in [0.2, 0.25) is 5.15 Å². The Balaban J connectivity index is 1.46. The molecule has 0 aliphatic heterocycles. The number of aromatic nitrogens is 2. The van der Waals surface area contributed by atoms with Crippen molar-refractivity contribution in [3.05, 3.63) is 117 Å². The van der Waals surface area contributed by atoms with Gasteiger partial charge in [0.15, 0.2) is 11.0 Å². The number of nitrogens with zero attached hydrogens (tertiary/aromatic N) is 2. The third-order valence-corrected chi connectivity index (χ3v) is 7.23. The molecule has 266 valence electrons. The zero-order valence-corrected chi connectivity index (χ0v) is 29.0. The Morgan fingerprint density at radius 2 is 1.51 bits per heavy atom. The molecule has 1 heterocycles. The first-order valence-electron chi connectivity index (χ1n) is 15.9. The predicted octanol–water partition coefficient (Wildman–Crippen LogP) is 5.02. The number of alkyl carbamates (subject to hydrolysis) is 2. The quantitative estimate of drug-likeness (QED) is 0.0760. The summed E-state index contributed by atoms with van der Waals surface area (Å²) in [4.78, 5) is 72.7. The number of ether oxygens (including phenoxy) is 2. The fourth-order valence-corrected chi connectivity index (χ4v) is 4.94. The van der Waals surface area contributed by atoms with E-state index in [4.69, 9.17) is 26.5 Å². The standard InChI is InChI=1S/C36H38ClN7O7/c1-36(2,3)51-34(48)39-19-12-20-44(31-33(47)41-28(29(37)42-31)24-15-8-5-9-16-24)21-27(45)40-32(46)26-18-11-10-17-25(26)30(38)43-35(49)50-22-23-13-6-4-7-14-23/h4-11,13-18H,12,19-22H2,1-3H3,(H,39,48)(H,41,47)(H2,38,43,49)(H,40,45,46). The minimum Gasteiger partial charge on any atom is -0.444 e. The van der Waals surface area contributed by atoms with Gasteiger partial charge in [-0.15, -0.1) is 0 Å². The van der Waals surface area contributed by atoms with Crippen molar-refractivity contribution in [3.8, 4) is 11.3 Å². The number of imide groups is 1. The maximum absolute atomic E-state index is 13.3. The average molecular weight is 716 g/mol. The molecule has 15 heteroatoms. The molecule has 3 aromatic carbocycles. The molecular formula is C36H38ClN7O7. The van der Waals surface area contributed by atoms with Crippen molar-refractivity contribution in [2.45, 2.75) is 39.4 Å². The molecule has 0 bridgehead atoms. The van der Waals surface area contributed by atoms with Crippen molar-refractivity contribution >= 4 is 47.3 Å². The number of carbonyl (C=O) groups excluding carboxylic acids is 4. The van der Waals surface area contributed by atoms with Crippen LogP contribution in [0.4, 0.5) is 15.4 Å². The molecule has 0 aliphatic rings. The van der Waals surface area contributed by atoms with Crippen LogP contribution in [-0.2, 0) is 20.9 Å². The number of halogens is 1. The first kappa shape index (κ1) is 37.8. The van der Waals surface area contributed by atoms with Crippen LogP contribution < -0.4 is 26.4 Å². The first-order chi connectivity index (χ1) is 24.3. The highest BCUT2D eigenvalue weighted by Gasteiger charge is 2.23. The number of hydrogen-bond donors (Lipinski definition) is 5. The molecule has 0 radical (unpaired) electrons. The van der Waals surface area contributed by atoms with Crippen LogP contribution in [0, 0.1) is 5.41 Å². The average Bonchev–Trinajstić information content (AvgIpc) is 3.09. The number of amides is 4. The van der Waals surface area contributed by atoms with Crippen molar-refractivity contribution < 1.29 is 28.7 Å². The number of nitrogens with one attached hydrogen (secondary N) is 5. The summed E-state index contributed by atoms with van der Waals surface area (Å²) in [5.41, 5.74) is 0.282. The maximum atomic E-state index is 13.3. The summed E-state index contributed by atoms with van der Waals surface area (Å²) >= 11 is 6.48. The molecule has 0 unspecified atom stereocenters. The lowest BCUT2D eigenvalue weighted by atomic mass is 10.1. The van der Waals surface area contributed by atoms with Gasteiger partial charge in [0, 0.05) is 24.2 Å². The Morgan fingerprint density at radius 3 is 2.18 bits per heavy atom. The molecule has 4 aromatic rings. The van der Waals surface area contributed by atoms with Gasteiger partial charge in [0.2, 0.25) is 5.91 Å². The summed E-state index contributed by atoms with van der Waals surface area (Å²) in [5, 5.41) is 15.6. The van der Waals surface area contributed by atoms with Gasteiger partial charge in [-0.2, -0.15) is 0 Å². The number of benzene rings is 3. The highest BCUT2D eigenvalue weighted by atomic mass is 35.5. The van der Waals surface area contributed by atoms with Gasteiger partial charge < -0.3 is 24.7 Å². The lowest BCUT2D eigenvalue weighted by molar-refractivity contribution is -0.118. The SMILES string of the molecule is CC(C)(C)OC(=O)NCCCN(CC(=O)NC(=O)c1ccccc1C(=N)NC(=O)OCc1ccccc1)c1nc(Cl)c(-c2ccccc2)[nH]c1=O. The fourth-order valence-electron chi connectivity index (χ4n) is 4.70. The van der Waals surface area contributed by atoms with Gasteiger partial charge in [-0.05, 0) is 38.8 Å². The van der Waals surface area contributed by atoms with Crippen molar-refractivity contribution in [1.82, 2.24) is 25.9 Å². The molecular weight excluding hydrogens is 678 g/mol. The summed E-state index contributed by atoms with van der Waals surface area (Å²) in [6.07, 6.45) is -1.28. The van der Waals surface area contributed by atoms with E-state index < -0.39 is 47.5 Å². The Morgan fingerprint density at radius 1 is 0.882 bits per heavy atom. The van der Waals surface area contributed by atoms with E-state index in [0.29, 0.717) is 5.56 Å². The summed E-state index contributed by atoms with van der Waals surface area (Å²) in [5.74, 6) is -2.26. The molecule has 0 saturated carbocycles. The molecule has 0 atom stereocenters. The second-order valence-electron chi connectivity index (χ2n) is 12.1. The number of anilines is 1.